The molecule has 1 amide bonds. The van der Waals surface area contributed by atoms with Crippen molar-refractivity contribution in [3.05, 3.63) is 95.1 Å². The molecule has 2 aliphatic rings. The molecule has 1 fully saturated rings. The third kappa shape index (κ3) is 4.38. The van der Waals surface area contributed by atoms with Gasteiger partial charge in [-0.15, -0.1) is 0 Å². The smallest absolute Gasteiger partial charge is 0.301 e. The summed E-state index contributed by atoms with van der Waals surface area (Å²) >= 11 is 1.33. The maximum absolute atomic E-state index is 13.6. The van der Waals surface area contributed by atoms with Crippen molar-refractivity contribution in [2.75, 3.05) is 24.7 Å². The van der Waals surface area contributed by atoms with Crippen molar-refractivity contribution < 1.29 is 28.9 Å². The van der Waals surface area contributed by atoms with Crippen LogP contribution in [0.2, 0.25) is 0 Å². The highest BCUT2D eigenvalue weighted by molar-refractivity contribution is 7.22. The van der Waals surface area contributed by atoms with Gasteiger partial charge in [-0.05, 0) is 66.9 Å². The summed E-state index contributed by atoms with van der Waals surface area (Å²) in [5.41, 5.74) is 3.75. The Morgan fingerprint density at radius 1 is 1.10 bits per heavy atom. The molecule has 0 spiro atoms. The largest absolute Gasteiger partial charge is 0.507 e. The van der Waals surface area contributed by atoms with Gasteiger partial charge in [0, 0.05) is 5.56 Å². The fraction of sp³-hybridized carbons (Fsp3) is 0.194. The van der Waals surface area contributed by atoms with Crippen LogP contribution in [0.1, 0.15) is 28.3 Å². The fourth-order valence-corrected chi connectivity index (χ4v) is 6.22. The second kappa shape index (κ2) is 10.2. The van der Waals surface area contributed by atoms with Crippen LogP contribution in [0, 0.1) is 13.8 Å². The SMILES string of the molecule is C=CCOc1ccc(C2C(=C(O)c3ccc4c(c3)OCCO4)C(=O)C(=O)N2c2nc3c(C)cc(C)cc3s2)cc1. The van der Waals surface area contributed by atoms with Gasteiger partial charge in [-0.3, -0.25) is 14.5 Å². The summed E-state index contributed by atoms with van der Waals surface area (Å²) < 4.78 is 17.8. The lowest BCUT2D eigenvalue weighted by molar-refractivity contribution is -0.132. The van der Waals surface area contributed by atoms with E-state index in [1.807, 2.05) is 26.0 Å². The van der Waals surface area contributed by atoms with Gasteiger partial charge in [0.1, 0.15) is 31.3 Å². The van der Waals surface area contributed by atoms with Gasteiger partial charge in [0.2, 0.25) is 0 Å². The van der Waals surface area contributed by atoms with Crippen LogP contribution in [0.25, 0.3) is 16.0 Å². The molecule has 6 rings (SSSR count). The molecule has 1 aromatic heterocycles. The van der Waals surface area contributed by atoms with Gasteiger partial charge < -0.3 is 19.3 Å². The molecule has 0 saturated carbocycles. The lowest BCUT2D eigenvalue weighted by Gasteiger charge is -2.23. The number of aromatic nitrogens is 1. The number of carbonyl (C=O) groups is 2. The summed E-state index contributed by atoms with van der Waals surface area (Å²) in [5.74, 6) is -0.237. The van der Waals surface area contributed by atoms with Crippen molar-refractivity contribution in [1.82, 2.24) is 4.98 Å². The Balaban J connectivity index is 1.51. The number of nitrogens with zero attached hydrogens (tertiary/aromatic N) is 2. The maximum Gasteiger partial charge on any atom is 0.301 e. The Labute approximate surface area is 234 Å². The molecule has 0 radical (unpaired) electrons. The van der Waals surface area contributed by atoms with E-state index in [2.05, 4.69) is 6.58 Å². The predicted molar refractivity (Wildman–Crippen MR) is 153 cm³/mol. The van der Waals surface area contributed by atoms with Crippen LogP contribution in [0.5, 0.6) is 17.2 Å². The van der Waals surface area contributed by atoms with Crippen LogP contribution in [0.4, 0.5) is 5.13 Å². The Hall–Kier alpha value is -4.63. The summed E-state index contributed by atoms with van der Waals surface area (Å²) in [7, 11) is 0. The zero-order valence-corrected chi connectivity index (χ0v) is 22.8. The van der Waals surface area contributed by atoms with Crippen molar-refractivity contribution in [2.45, 2.75) is 19.9 Å². The number of ketones is 1. The van der Waals surface area contributed by atoms with Gasteiger partial charge in [-0.25, -0.2) is 4.98 Å². The average molecular weight is 555 g/mol. The van der Waals surface area contributed by atoms with E-state index in [9.17, 15) is 14.7 Å². The van der Waals surface area contributed by atoms with E-state index in [-0.39, 0.29) is 11.3 Å². The first-order chi connectivity index (χ1) is 19.4. The number of carbonyl (C=O) groups excluding carboxylic acids is 2. The number of Topliss-reactive ketones (excluding diaryl/α,β-unsaturated/α-hetero) is 1. The topological polar surface area (TPSA) is 98.2 Å². The van der Waals surface area contributed by atoms with Crippen LogP contribution in [0.3, 0.4) is 0 Å². The number of ether oxygens (including phenoxy) is 3. The molecule has 202 valence electrons. The summed E-state index contributed by atoms with van der Waals surface area (Å²) in [4.78, 5) is 33.4. The first kappa shape index (κ1) is 25.6. The van der Waals surface area contributed by atoms with Gasteiger partial charge >= 0.3 is 5.91 Å². The molecular weight excluding hydrogens is 528 g/mol. The Morgan fingerprint density at radius 2 is 1.85 bits per heavy atom. The lowest BCUT2D eigenvalue weighted by Crippen LogP contribution is -2.29. The Bertz CT molecular complexity index is 1710. The number of rotatable bonds is 6. The van der Waals surface area contributed by atoms with Gasteiger partial charge in [0.15, 0.2) is 16.6 Å². The quantitative estimate of drug-likeness (QED) is 0.138. The summed E-state index contributed by atoms with van der Waals surface area (Å²) in [6, 6.07) is 15.1. The van der Waals surface area contributed by atoms with E-state index in [1.54, 1.807) is 48.5 Å². The normalized spacial score (nSPS) is 17.9. The number of thiazole rings is 1. The molecule has 4 aromatic rings. The van der Waals surface area contributed by atoms with Crippen molar-refractivity contribution >= 4 is 44.1 Å². The standard InChI is InChI=1S/C31H26N2O6S/c1-4-11-37-21-8-5-19(6-9-21)27-25(28(34)20-7-10-22-23(16-20)39-13-12-38-22)29(35)30(36)33(27)31-32-26-18(3)14-17(2)15-24(26)40-31/h4-10,14-16,27,34H,1,11-13H2,2-3H3. The minimum atomic E-state index is -0.913. The first-order valence-corrected chi connectivity index (χ1v) is 13.6. The zero-order valence-electron chi connectivity index (χ0n) is 22.0. The highest BCUT2D eigenvalue weighted by atomic mass is 32.1. The Morgan fingerprint density at radius 3 is 2.60 bits per heavy atom. The third-order valence-corrected chi connectivity index (χ3v) is 7.85. The second-order valence-electron chi connectivity index (χ2n) is 9.62. The highest BCUT2D eigenvalue weighted by Gasteiger charge is 2.48. The predicted octanol–water partition coefficient (Wildman–Crippen LogP) is 5.88. The number of aliphatic hydroxyl groups excluding tert-OH is 1. The van der Waals surface area contributed by atoms with E-state index in [0.717, 1.165) is 21.3 Å². The van der Waals surface area contributed by atoms with Crippen molar-refractivity contribution in [3.63, 3.8) is 0 Å². The van der Waals surface area contributed by atoms with Crippen molar-refractivity contribution in [3.8, 4) is 17.2 Å². The highest BCUT2D eigenvalue weighted by Crippen LogP contribution is 2.45. The first-order valence-electron chi connectivity index (χ1n) is 12.8. The number of aliphatic hydroxyl groups is 1. The molecular formula is C31H26N2O6S. The van der Waals surface area contributed by atoms with Gasteiger partial charge in [-0.2, -0.15) is 0 Å². The average Bonchev–Trinajstić information content (AvgIpc) is 3.49. The van der Waals surface area contributed by atoms with Crippen molar-refractivity contribution in [2.24, 2.45) is 0 Å². The van der Waals surface area contributed by atoms with Gasteiger partial charge in [-0.1, -0.05) is 42.2 Å². The number of hydrogen-bond donors (Lipinski definition) is 1. The van der Waals surface area contributed by atoms with Crippen LogP contribution >= 0.6 is 11.3 Å². The molecule has 2 aliphatic heterocycles. The van der Waals surface area contributed by atoms with E-state index in [0.29, 0.717) is 53.3 Å². The number of aryl methyl sites for hydroxylation is 2. The fourth-order valence-electron chi connectivity index (χ4n) is 5.05. The number of anilines is 1. The minimum absolute atomic E-state index is 0.0337. The molecule has 9 heteroatoms. The van der Waals surface area contributed by atoms with Crippen LogP contribution in [0.15, 0.2) is 72.8 Å². The molecule has 3 heterocycles. The van der Waals surface area contributed by atoms with E-state index < -0.39 is 17.7 Å². The molecule has 0 bridgehead atoms. The number of benzene rings is 3. The molecule has 3 aromatic carbocycles. The van der Waals surface area contributed by atoms with E-state index in [4.69, 9.17) is 19.2 Å². The van der Waals surface area contributed by atoms with E-state index >= 15 is 0 Å². The minimum Gasteiger partial charge on any atom is -0.507 e. The van der Waals surface area contributed by atoms with Crippen LogP contribution < -0.4 is 19.1 Å². The molecule has 0 aliphatic carbocycles. The van der Waals surface area contributed by atoms with E-state index in [1.165, 1.54) is 16.2 Å². The summed E-state index contributed by atoms with van der Waals surface area (Å²) in [5, 5.41) is 11.9. The zero-order chi connectivity index (χ0) is 28.0. The van der Waals surface area contributed by atoms with Gasteiger partial charge in [0.25, 0.3) is 5.78 Å². The van der Waals surface area contributed by atoms with Crippen molar-refractivity contribution in [1.29, 1.82) is 0 Å². The second-order valence-corrected chi connectivity index (χ2v) is 10.6. The lowest BCUT2D eigenvalue weighted by atomic mass is 9.95. The molecule has 1 atom stereocenters. The number of fused-ring (bicyclic) bond motifs is 2. The molecule has 1 unspecified atom stereocenters. The molecule has 1 N–H and O–H groups in total. The molecule has 1 saturated heterocycles. The summed E-state index contributed by atoms with van der Waals surface area (Å²) in [6.07, 6.45) is 1.65. The summed E-state index contributed by atoms with van der Waals surface area (Å²) in [6.45, 7) is 8.78. The van der Waals surface area contributed by atoms with Crippen LogP contribution in [-0.2, 0) is 9.59 Å². The van der Waals surface area contributed by atoms with Gasteiger partial charge in [0.05, 0.1) is 21.8 Å². The molecule has 8 nitrogen and oxygen atoms in total. The Kier molecular flexibility index (Phi) is 6.51. The third-order valence-electron chi connectivity index (χ3n) is 6.85. The maximum atomic E-state index is 13.6. The number of amides is 1. The van der Waals surface area contributed by atoms with Crippen LogP contribution in [-0.4, -0.2) is 41.6 Å². The monoisotopic (exact) mass is 554 g/mol. The number of hydrogen-bond acceptors (Lipinski definition) is 8. The molecule has 40 heavy (non-hydrogen) atoms.